The summed E-state index contributed by atoms with van der Waals surface area (Å²) in [6, 6.07) is 27.5. The molecule has 0 N–H and O–H groups in total. The fourth-order valence-electron chi connectivity index (χ4n) is 6.97. The molecule has 0 saturated heterocycles. The van der Waals surface area contributed by atoms with Gasteiger partial charge in [0.1, 0.15) is 0 Å². The van der Waals surface area contributed by atoms with E-state index in [-0.39, 0.29) is 0 Å². The molecule has 2 nitrogen and oxygen atoms in total. The number of rotatable bonds is 4. The van der Waals surface area contributed by atoms with Crippen LogP contribution in [0.4, 0.5) is 11.4 Å². The zero-order chi connectivity index (χ0) is 23.1. The molecule has 0 radical (unpaired) electrons. The van der Waals surface area contributed by atoms with E-state index in [4.69, 9.17) is 0 Å². The van der Waals surface area contributed by atoms with Gasteiger partial charge in [0.15, 0.2) is 6.29 Å². The Hall–Kier alpha value is -2.73. The summed E-state index contributed by atoms with van der Waals surface area (Å²) in [5.74, 6) is 2.33. The predicted molar refractivity (Wildman–Crippen MR) is 150 cm³/mol. The van der Waals surface area contributed by atoms with Crippen molar-refractivity contribution >= 4 is 61.1 Å². The van der Waals surface area contributed by atoms with Gasteiger partial charge in [0.05, 0.1) is 4.88 Å². The van der Waals surface area contributed by atoms with Crippen LogP contribution in [-0.4, -0.2) is 12.3 Å². The Morgan fingerprint density at radius 2 is 1.57 bits per heavy atom. The maximum Gasteiger partial charge on any atom is 0.160 e. The topological polar surface area (TPSA) is 20.3 Å². The molecule has 3 aromatic heterocycles. The lowest BCUT2D eigenvalue weighted by molar-refractivity contribution is 0.112. The second-order valence-electron chi connectivity index (χ2n) is 10.1. The zero-order valence-corrected chi connectivity index (χ0v) is 21.5. The summed E-state index contributed by atoms with van der Waals surface area (Å²) in [5.41, 5.74) is 5.70. The first-order valence-corrected chi connectivity index (χ1v) is 14.8. The third-order valence-electron chi connectivity index (χ3n) is 8.33. The first-order valence-electron chi connectivity index (χ1n) is 12.3. The van der Waals surface area contributed by atoms with Crippen molar-refractivity contribution in [3.8, 4) is 20.2 Å². The molecule has 5 aromatic rings. The maximum absolute atomic E-state index is 11.1. The number of hydrogen-bond acceptors (Lipinski definition) is 5. The lowest BCUT2D eigenvalue weighted by Crippen LogP contribution is -2.35. The first-order chi connectivity index (χ1) is 17.3. The van der Waals surface area contributed by atoms with Crippen molar-refractivity contribution in [3.05, 3.63) is 83.2 Å². The Morgan fingerprint density at radius 1 is 0.771 bits per heavy atom. The van der Waals surface area contributed by atoms with Gasteiger partial charge in [0.25, 0.3) is 0 Å². The van der Waals surface area contributed by atoms with Gasteiger partial charge in [-0.15, -0.1) is 34.0 Å². The van der Waals surface area contributed by atoms with Gasteiger partial charge in [0, 0.05) is 47.4 Å². The second kappa shape index (κ2) is 7.63. The number of aldehydes is 1. The standard InChI is InChI=1S/C30H23NOS3/c32-16-21-9-11-24(33-21)26-15-28-27(35-26)14-25(34-28)17-8-10-23-22(13-17)29-18-6-7-19(12-18)30(29)31(23)20-4-2-1-3-5-20/h1-5,8-11,13-16,18-19,29-30H,6-7,12H2. The van der Waals surface area contributed by atoms with E-state index >= 15 is 0 Å². The van der Waals surface area contributed by atoms with Crippen molar-refractivity contribution < 1.29 is 4.79 Å². The molecule has 8 rings (SSSR count). The van der Waals surface area contributed by atoms with Crippen LogP contribution in [0.25, 0.3) is 29.6 Å². The highest BCUT2D eigenvalue weighted by atomic mass is 32.1. The van der Waals surface area contributed by atoms with E-state index < -0.39 is 0 Å². The van der Waals surface area contributed by atoms with Gasteiger partial charge in [0.2, 0.25) is 0 Å². The van der Waals surface area contributed by atoms with Gasteiger partial charge in [-0.3, -0.25) is 4.79 Å². The molecular formula is C30H23NOS3. The van der Waals surface area contributed by atoms with Crippen LogP contribution < -0.4 is 4.90 Å². The van der Waals surface area contributed by atoms with Crippen LogP contribution >= 0.6 is 34.0 Å². The molecule has 4 atom stereocenters. The van der Waals surface area contributed by atoms with E-state index in [1.807, 2.05) is 28.7 Å². The number of thiophene rings is 3. The van der Waals surface area contributed by atoms with Gasteiger partial charge in [-0.25, -0.2) is 0 Å². The summed E-state index contributed by atoms with van der Waals surface area (Å²) in [5, 5.41) is 0. The summed E-state index contributed by atoms with van der Waals surface area (Å²) in [4.78, 5) is 18.3. The molecule has 1 aliphatic heterocycles. The molecule has 4 unspecified atom stereocenters. The van der Waals surface area contributed by atoms with E-state index in [0.717, 1.165) is 23.0 Å². The van der Waals surface area contributed by atoms with Crippen LogP contribution in [0, 0.1) is 11.8 Å². The number of benzene rings is 2. The molecule has 172 valence electrons. The number of anilines is 2. The molecule has 2 saturated carbocycles. The fraction of sp³-hybridized carbons (Fsp3) is 0.233. The minimum atomic E-state index is 0.623. The highest BCUT2D eigenvalue weighted by Crippen LogP contribution is 2.62. The van der Waals surface area contributed by atoms with E-state index in [2.05, 4.69) is 71.6 Å². The Morgan fingerprint density at radius 3 is 2.40 bits per heavy atom. The molecule has 2 aromatic carbocycles. The maximum atomic E-state index is 11.1. The van der Waals surface area contributed by atoms with Gasteiger partial charge in [-0.2, -0.15) is 0 Å². The number of hydrogen-bond donors (Lipinski definition) is 0. The molecule has 0 amide bonds. The molecular weight excluding hydrogens is 487 g/mol. The molecule has 3 aliphatic rings. The van der Waals surface area contributed by atoms with Crippen molar-refractivity contribution in [2.45, 2.75) is 31.2 Å². The molecule has 0 spiro atoms. The molecule has 2 bridgehead atoms. The molecule has 2 aliphatic carbocycles. The quantitative estimate of drug-likeness (QED) is 0.225. The lowest BCUT2D eigenvalue weighted by Gasteiger charge is -2.33. The van der Waals surface area contributed by atoms with Gasteiger partial charge < -0.3 is 4.90 Å². The molecule has 5 heteroatoms. The summed E-state index contributed by atoms with van der Waals surface area (Å²) in [6.45, 7) is 0. The Balaban J connectivity index is 1.19. The van der Waals surface area contributed by atoms with E-state index in [1.54, 1.807) is 16.9 Å². The van der Waals surface area contributed by atoms with Crippen LogP contribution in [0.2, 0.25) is 0 Å². The SMILES string of the molecule is O=Cc1ccc(-c2cc3sc(-c4ccc5c(c4)C4C6CCC(C6)C4N5c4ccccc4)cc3s2)s1. The highest BCUT2D eigenvalue weighted by molar-refractivity contribution is 7.32. The Labute approximate surface area is 216 Å². The molecule has 2 fully saturated rings. The van der Waals surface area contributed by atoms with E-state index in [9.17, 15) is 4.79 Å². The van der Waals surface area contributed by atoms with Gasteiger partial charge in [-0.05, 0) is 90.8 Å². The van der Waals surface area contributed by atoms with Crippen molar-refractivity contribution in [1.82, 2.24) is 0 Å². The van der Waals surface area contributed by atoms with Crippen LogP contribution in [0.15, 0.2) is 72.8 Å². The number of carbonyl (C=O) groups is 1. The van der Waals surface area contributed by atoms with Crippen LogP contribution in [-0.2, 0) is 0 Å². The summed E-state index contributed by atoms with van der Waals surface area (Å²) >= 11 is 5.30. The average molecular weight is 510 g/mol. The summed E-state index contributed by atoms with van der Waals surface area (Å²) < 4.78 is 2.68. The highest BCUT2D eigenvalue weighted by Gasteiger charge is 2.55. The number of carbonyl (C=O) groups excluding carboxylic acids is 1. The third-order valence-corrected chi connectivity index (χ3v) is 11.9. The number of nitrogens with zero attached hydrogens (tertiary/aromatic N) is 1. The largest absolute Gasteiger partial charge is 0.337 e. The van der Waals surface area contributed by atoms with E-state index in [1.165, 1.54) is 60.2 Å². The monoisotopic (exact) mass is 509 g/mol. The summed E-state index contributed by atoms with van der Waals surface area (Å²) in [7, 11) is 0. The average Bonchev–Trinajstić information content (AvgIpc) is 3.70. The van der Waals surface area contributed by atoms with Crippen molar-refractivity contribution in [3.63, 3.8) is 0 Å². The molecule has 35 heavy (non-hydrogen) atoms. The van der Waals surface area contributed by atoms with Crippen LogP contribution in [0.1, 0.15) is 40.4 Å². The number of fused-ring (bicyclic) bond motifs is 8. The fourth-order valence-corrected chi connectivity index (χ4v) is 10.3. The third kappa shape index (κ3) is 3.01. The lowest BCUT2D eigenvalue weighted by atomic mass is 9.82. The van der Waals surface area contributed by atoms with Crippen molar-refractivity contribution in [1.29, 1.82) is 0 Å². The second-order valence-corrected chi connectivity index (χ2v) is 13.4. The van der Waals surface area contributed by atoms with Gasteiger partial charge in [-0.1, -0.05) is 24.3 Å². The minimum Gasteiger partial charge on any atom is -0.337 e. The van der Waals surface area contributed by atoms with Crippen LogP contribution in [0.3, 0.4) is 0 Å². The smallest absolute Gasteiger partial charge is 0.160 e. The Bertz CT molecular complexity index is 1560. The number of para-hydroxylation sites is 1. The minimum absolute atomic E-state index is 0.623. The predicted octanol–water partition coefficient (Wildman–Crippen LogP) is 9.20. The summed E-state index contributed by atoms with van der Waals surface area (Å²) in [6.07, 6.45) is 5.12. The normalized spacial score (nSPS) is 24.3. The van der Waals surface area contributed by atoms with Gasteiger partial charge >= 0.3 is 0 Å². The van der Waals surface area contributed by atoms with E-state index in [0.29, 0.717) is 12.0 Å². The zero-order valence-electron chi connectivity index (χ0n) is 19.0. The van der Waals surface area contributed by atoms with Crippen molar-refractivity contribution in [2.24, 2.45) is 11.8 Å². The Kier molecular flexibility index (Phi) is 4.46. The molecule has 4 heterocycles. The van der Waals surface area contributed by atoms with Crippen molar-refractivity contribution in [2.75, 3.05) is 4.90 Å². The first kappa shape index (κ1) is 20.5. The van der Waals surface area contributed by atoms with Crippen LogP contribution in [0.5, 0.6) is 0 Å².